The van der Waals surface area contributed by atoms with Gasteiger partial charge in [-0.1, -0.05) is 6.92 Å². The van der Waals surface area contributed by atoms with Gasteiger partial charge in [-0.3, -0.25) is 4.98 Å². The fourth-order valence-corrected chi connectivity index (χ4v) is 2.47. The number of nitrogens with one attached hydrogen (secondary N) is 1. The largest absolute Gasteiger partial charge is 0.477 e. The van der Waals surface area contributed by atoms with Crippen molar-refractivity contribution >= 4 is 5.82 Å². The van der Waals surface area contributed by atoms with Crippen LogP contribution in [0.4, 0.5) is 5.82 Å². The molecule has 5 heteroatoms. The number of ether oxygens (including phenoxy) is 1. The van der Waals surface area contributed by atoms with Gasteiger partial charge in [0, 0.05) is 18.6 Å². The van der Waals surface area contributed by atoms with E-state index in [0.29, 0.717) is 24.6 Å². The molecule has 20 heavy (non-hydrogen) atoms. The zero-order chi connectivity index (χ0) is 14.4. The second-order valence-corrected chi connectivity index (χ2v) is 5.60. The molecule has 1 N–H and O–H groups in total. The number of rotatable bonds is 7. The summed E-state index contributed by atoms with van der Waals surface area (Å²) in [5.41, 5.74) is 0. The third-order valence-electron chi connectivity index (χ3n) is 3.55. The minimum absolute atomic E-state index is 0.396. The molecule has 1 aromatic rings. The van der Waals surface area contributed by atoms with Crippen LogP contribution in [0.1, 0.15) is 40.0 Å². The summed E-state index contributed by atoms with van der Waals surface area (Å²) >= 11 is 0. The molecule has 1 fully saturated rings. The number of anilines is 1. The van der Waals surface area contributed by atoms with Crippen molar-refractivity contribution in [3.8, 4) is 5.88 Å². The predicted molar refractivity (Wildman–Crippen MR) is 81.3 cm³/mol. The highest BCUT2D eigenvalue weighted by Crippen LogP contribution is 2.19. The van der Waals surface area contributed by atoms with Gasteiger partial charge in [-0.25, -0.2) is 0 Å². The maximum absolute atomic E-state index is 5.58. The van der Waals surface area contributed by atoms with Gasteiger partial charge in [0.05, 0.1) is 19.0 Å². The molecule has 1 unspecified atom stereocenters. The first-order chi connectivity index (χ1) is 9.70. The summed E-state index contributed by atoms with van der Waals surface area (Å²) in [6.07, 6.45) is 7.00. The summed E-state index contributed by atoms with van der Waals surface area (Å²) in [5.74, 6) is 1.52. The highest BCUT2D eigenvalue weighted by atomic mass is 16.5. The maximum atomic E-state index is 5.58. The first-order valence-corrected chi connectivity index (χ1v) is 7.65. The lowest BCUT2D eigenvalue weighted by molar-refractivity contribution is 0.303. The van der Waals surface area contributed by atoms with Crippen molar-refractivity contribution in [1.82, 2.24) is 15.3 Å². The van der Waals surface area contributed by atoms with Crippen LogP contribution in [-0.4, -0.2) is 41.7 Å². The van der Waals surface area contributed by atoms with Gasteiger partial charge >= 0.3 is 0 Å². The standard InChI is InChI=1S/C15H26N4O/c1-4-8-20-15-10-16-9-14(18-15)19(12(2)3)11-13-6-5-7-17-13/h9-10,12-13,17H,4-8,11H2,1-3H3. The SMILES string of the molecule is CCCOc1cncc(N(CC2CCCN2)C(C)C)n1. The summed E-state index contributed by atoms with van der Waals surface area (Å²) in [4.78, 5) is 11.2. The third-order valence-corrected chi connectivity index (χ3v) is 3.55. The molecule has 0 radical (unpaired) electrons. The van der Waals surface area contributed by atoms with E-state index >= 15 is 0 Å². The quantitative estimate of drug-likeness (QED) is 0.829. The Bertz CT molecular complexity index is 405. The highest BCUT2D eigenvalue weighted by molar-refractivity contribution is 5.39. The van der Waals surface area contributed by atoms with Gasteiger partial charge in [0.1, 0.15) is 0 Å². The van der Waals surface area contributed by atoms with Crippen LogP contribution in [0.3, 0.4) is 0 Å². The van der Waals surface area contributed by atoms with Crippen LogP contribution in [0.15, 0.2) is 12.4 Å². The lowest BCUT2D eigenvalue weighted by atomic mass is 10.2. The van der Waals surface area contributed by atoms with Gasteiger partial charge < -0.3 is 15.0 Å². The van der Waals surface area contributed by atoms with E-state index in [0.717, 1.165) is 25.3 Å². The second-order valence-electron chi connectivity index (χ2n) is 5.60. The van der Waals surface area contributed by atoms with Crippen molar-refractivity contribution in [3.63, 3.8) is 0 Å². The molecule has 5 nitrogen and oxygen atoms in total. The van der Waals surface area contributed by atoms with Gasteiger partial charge in [-0.2, -0.15) is 4.98 Å². The summed E-state index contributed by atoms with van der Waals surface area (Å²) < 4.78 is 5.58. The molecule has 112 valence electrons. The molecule has 1 aromatic heterocycles. The summed E-state index contributed by atoms with van der Waals surface area (Å²) in [5, 5.41) is 3.54. The van der Waals surface area contributed by atoms with Gasteiger partial charge in [0.15, 0.2) is 5.82 Å². The first-order valence-electron chi connectivity index (χ1n) is 7.65. The molecular formula is C15H26N4O. The lowest BCUT2D eigenvalue weighted by Gasteiger charge is -2.30. The van der Waals surface area contributed by atoms with E-state index in [-0.39, 0.29) is 0 Å². The zero-order valence-corrected chi connectivity index (χ0v) is 12.8. The molecule has 1 atom stereocenters. The minimum Gasteiger partial charge on any atom is -0.477 e. The van der Waals surface area contributed by atoms with E-state index in [1.54, 1.807) is 6.20 Å². The fourth-order valence-electron chi connectivity index (χ4n) is 2.47. The van der Waals surface area contributed by atoms with E-state index in [4.69, 9.17) is 4.74 Å². The van der Waals surface area contributed by atoms with E-state index in [2.05, 4.69) is 41.0 Å². The molecule has 0 bridgehead atoms. The number of nitrogens with zero attached hydrogens (tertiary/aromatic N) is 3. The Morgan fingerprint density at radius 1 is 1.45 bits per heavy atom. The predicted octanol–water partition coefficient (Wildman–Crippen LogP) is 2.23. The Morgan fingerprint density at radius 3 is 2.95 bits per heavy atom. The molecule has 1 aliphatic heterocycles. The maximum Gasteiger partial charge on any atom is 0.234 e. The lowest BCUT2D eigenvalue weighted by Crippen LogP contribution is -2.41. The Balaban J connectivity index is 2.07. The van der Waals surface area contributed by atoms with E-state index in [1.807, 2.05) is 6.20 Å². The van der Waals surface area contributed by atoms with Crippen LogP contribution in [-0.2, 0) is 0 Å². The average molecular weight is 278 g/mol. The summed E-state index contributed by atoms with van der Waals surface area (Å²) in [6.45, 7) is 9.26. The van der Waals surface area contributed by atoms with Gasteiger partial charge in [0.2, 0.25) is 5.88 Å². The Kier molecular flexibility index (Phi) is 5.59. The smallest absolute Gasteiger partial charge is 0.234 e. The molecule has 0 aromatic carbocycles. The molecule has 2 rings (SSSR count). The van der Waals surface area contributed by atoms with Crippen LogP contribution in [0, 0.1) is 0 Å². The van der Waals surface area contributed by atoms with Crippen molar-refractivity contribution in [2.75, 3.05) is 24.6 Å². The summed E-state index contributed by atoms with van der Waals surface area (Å²) in [6, 6.07) is 0.951. The molecule has 0 aliphatic carbocycles. The van der Waals surface area contributed by atoms with Crippen molar-refractivity contribution in [1.29, 1.82) is 0 Å². The molecule has 0 saturated carbocycles. The van der Waals surface area contributed by atoms with Crippen LogP contribution >= 0.6 is 0 Å². The number of hydrogen-bond donors (Lipinski definition) is 1. The van der Waals surface area contributed by atoms with Crippen molar-refractivity contribution in [2.45, 2.75) is 52.1 Å². The van der Waals surface area contributed by atoms with E-state index in [9.17, 15) is 0 Å². The number of hydrogen-bond acceptors (Lipinski definition) is 5. The molecule has 2 heterocycles. The van der Waals surface area contributed by atoms with Gasteiger partial charge in [-0.05, 0) is 39.7 Å². The molecular weight excluding hydrogens is 252 g/mol. The molecule has 0 spiro atoms. The second kappa shape index (κ2) is 7.43. The van der Waals surface area contributed by atoms with Crippen LogP contribution in [0.2, 0.25) is 0 Å². The van der Waals surface area contributed by atoms with Crippen molar-refractivity contribution in [2.24, 2.45) is 0 Å². The van der Waals surface area contributed by atoms with Crippen molar-refractivity contribution < 1.29 is 4.74 Å². The normalized spacial score (nSPS) is 18.5. The molecule has 1 aliphatic rings. The van der Waals surface area contributed by atoms with E-state index < -0.39 is 0 Å². The average Bonchev–Trinajstić information content (AvgIpc) is 2.95. The third kappa shape index (κ3) is 4.07. The van der Waals surface area contributed by atoms with Gasteiger partial charge in [0.25, 0.3) is 0 Å². The van der Waals surface area contributed by atoms with Crippen LogP contribution in [0.25, 0.3) is 0 Å². The topological polar surface area (TPSA) is 50.3 Å². The fraction of sp³-hybridized carbons (Fsp3) is 0.733. The van der Waals surface area contributed by atoms with Crippen molar-refractivity contribution in [3.05, 3.63) is 12.4 Å². The van der Waals surface area contributed by atoms with E-state index in [1.165, 1.54) is 12.8 Å². The zero-order valence-electron chi connectivity index (χ0n) is 12.8. The Hall–Kier alpha value is -1.36. The highest BCUT2D eigenvalue weighted by Gasteiger charge is 2.21. The molecule has 1 saturated heterocycles. The number of aromatic nitrogens is 2. The van der Waals surface area contributed by atoms with Gasteiger partial charge in [-0.15, -0.1) is 0 Å². The first kappa shape index (κ1) is 15.0. The van der Waals surface area contributed by atoms with Crippen LogP contribution in [0.5, 0.6) is 5.88 Å². The Labute approximate surface area is 121 Å². The summed E-state index contributed by atoms with van der Waals surface area (Å²) in [7, 11) is 0. The monoisotopic (exact) mass is 278 g/mol. The molecule has 0 amide bonds. The Morgan fingerprint density at radius 2 is 2.30 bits per heavy atom. The minimum atomic E-state index is 0.396. The van der Waals surface area contributed by atoms with Crippen LogP contribution < -0.4 is 15.0 Å².